The summed E-state index contributed by atoms with van der Waals surface area (Å²) >= 11 is 0. The van der Waals surface area contributed by atoms with Crippen LogP contribution in [0.3, 0.4) is 0 Å². The van der Waals surface area contributed by atoms with Crippen LogP contribution in [0.2, 0.25) is 0 Å². The smallest absolute Gasteiger partial charge is 0.330 e. The minimum absolute atomic E-state index is 0.156. The molecule has 3 rings (SSSR count). The summed E-state index contributed by atoms with van der Waals surface area (Å²) in [6, 6.07) is 0. The summed E-state index contributed by atoms with van der Waals surface area (Å²) in [6.45, 7) is 3.49. The van der Waals surface area contributed by atoms with Gasteiger partial charge in [-0.25, -0.2) is 4.79 Å². The average molecular weight is 222 g/mol. The number of fused-ring (bicyclic) bond motifs is 6. The van der Waals surface area contributed by atoms with Crippen molar-refractivity contribution in [2.45, 2.75) is 63.4 Å². The maximum atomic E-state index is 11.4. The Morgan fingerprint density at radius 2 is 1.62 bits per heavy atom. The first-order valence-corrected chi connectivity index (χ1v) is 6.59. The molecule has 0 aromatic carbocycles. The van der Waals surface area contributed by atoms with Crippen LogP contribution in [-0.2, 0) is 9.53 Å². The molecule has 16 heavy (non-hydrogen) atoms. The van der Waals surface area contributed by atoms with Crippen LogP contribution in [0, 0.1) is 5.92 Å². The molecule has 0 saturated heterocycles. The molecule has 3 aliphatic rings. The summed E-state index contributed by atoms with van der Waals surface area (Å²) in [5, 5.41) is 0. The lowest BCUT2D eigenvalue weighted by atomic mass is 9.75. The van der Waals surface area contributed by atoms with Crippen LogP contribution in [0.25, 0.3) is 0 Å². The van der Waals surface area contributed by atoms with Crippen molar-refractivity contribution < 1.29 is 9.53 Å². The van der Waals surface area contributed by atoms with Crippen LogP contribution in [0.15, 0.2) is 12.7 Å². The highest BCUT2D eigenvalue weighted by Gasteiger charge is 2.36. The summed E-state index contributed by atoms with van der Waals surface area (Å²) < 4.78 is 5.67. The fourth-order valence-corrected chi connectivity index (χ4v) is 3.35. The van der Waals surface area contributed by atoms with Crippen molar-refractivity contribution in [3.05, 3.63) is 12.7 Å². The first-order valence-electron chi connectivity index (χ1n) is 6.59. The fourth-order valence-electron chi connectivity index (χ4n) is 3.35. The van der Waals surface area contributed by atoms with Crippen LogP contribution >= 0.6 is 0 Å². The van der Waals surface area contributed by atoms with Gasteiger partial charge in [-0.2, -0.15) is 0 Å². The minimum atomic E-state index is -0.238. The number of carbonyl (C=O) groups excluding carboxylic acids is 1. The van der Waals surface area contributed by atoms with E-state index in [4.69, 9.17) is 4.74 Å². The van der Waals surface area contributed by atoms with Gasteiger partial charge in [0.05, 0.1) is 0 Å². The lowest BCUT2D eigenvalue weighted by Crippen LogP contribution is -2.37. The molecule has 2 heteroatoms. The molecule has 0 aliphatic heterocycles. The lowest BCUT2D eigenvalue weighted by Gasteiger charge is -2.39. The molecule has 0 radical (unpaired) electrons. The van der Waals surface area contributed by atoms with Gasteiger partial charge in [0, 0.05) is 6.08 Å². The topological polar surface area (TPSA) is 26.3 Å². The van der Waals surface area contributed by atoms with Crippen LogP contribution < -0.4 is 0 Å². The summed E-state index contributed by atoms with van der Waals surface area (Å²) in [6.07, 6.45) is 12.1. The van der Waals surface area contributed by atoms with Gasteiger partial charge in [0.25, 0.3) is 0 Å². The molecular formula is C14H22O2. The van der Waals surface area contributed by atoms with E-state index in [0.29, 0.717) is 0 Å². The zero-order valence-electron chi connectivity index (χ0n) is 10.0. The van der Waals surface area contributed by atoms with Gasteiger partial charge < -0.3 is 4.74 Å². The van der Waals surface area contributed by atoms with Crippen LogP contribution in [0.1, 0.15) is 57.8 Å². The first-order chi connectivity index (χ1) is 7.74. The van der Waals surface area contributed by atoms with Crippen LogP contribution in [-0.4, -0.2) is 11.6 Å². The zero-order valence-corrected chi connectivity index (χ0v) is 10.0. The molecule has 0 aromatic rings. The van der Waals surface area contributed by atoms with Gasteiger partial charge in [-0.1, -0.05) is 25.8 Å². The lowest BCUT2D eigenvalue weighted by molar-refractivity contribution is -0.158. The van der Waals surface area contributed by atoms with Crippen molar-refractivity contribution in [3.8, 4) is 0 Å². The van der Waals surface area contributed by atoms with Crippen molar-refractivity contribution in [1.82, 2.24) is 0 Å². The fraction of sp³-hybridized carbons (Fsp3) is 0.786. The molecule has 0 N–H and O–H groups in total. The molecule has 2 bridgehead atoms. The van der Waals surface area contributed by atoms with E-state index >= 15 is 0 Å². The third-order valence-electron chi connectivity index (χ3n) is 4.22. The van der Waals surface area contributed by atoms with E-state index in [1.165, 1.54) is 44.6 Å². The Hall–Kier alpha value is -0.790. The van der Waals surface area contributed by atoms with E-state index in [2.05, 4.69) is 6.58 Å². The highest BCUT2D eigenvalue weighted by Crippen LogP contribution is 2.40. The number of hydrogen-bond acceptors (Lipinski definition) is 2. The maximum absolute atomic E-state index is 11.4. The molecular weight excluding hydrogens is 200 g/mol. The Morgan fingerprint density at radius 1 is 1.12 bits per heavy atom. The molecule has 3 saturated carbocycles. The van der Waals surface area contributed by atoms with Crippen molar-refractivity contribution in [2.24, 2.45) is 5.92 Å². The van der Waals surface area contributed by atoms with Gasteiger partial charge in [0.15, 0.2) is 0 Å². The van der Waals surface area contributed by atoms with Gasteiger partial charge >= 0.3 is 5.97 Å². The van der Waals surface area contributed by atoms with E-state index in [1.807, 2.05) is 0 Å². The van der Waals surface area contributed by atoms with E-state index < -0.39 is 0 Å². The third-order valence-corrected chi connectivity index (χ3v) is 4.22. The number of ether oxygens (including phenoxy) is 1. The largest absolute Gasteiger partial charge is 0.456 e. The molecule has 3 aliphatic carbocycles. The van der Waals surface area contributed by atoms with E-state index in [9.17, 15) is 4.79 Å². The van der Waals surface area contributed by atoms with Gasteiger partial charge in [-0.15, -0.1) is 0 Å². The van der Waals surface area contributed by atoms with Crippen LogP contribution in [0.5, 0.6) is 0 Å². The Bertz CT molecular complexity index is 243. The monoisotopic (exact) mass is 222 g/mol. The molecule has 0 unspecified atom stereocenters. The molecule has 0 aromatic heterocycles. The number of rotatable bonds is 2. The predicted octanol–water partition coefficient (Wildman–Crippen LogP) is 3.61. The second-order valence-electron chi connectivity index (χ2n) is 5.35. The van der Waals surface area contributed by atoms with Crippen molar-refractivity contribution in [2.75, 3.05) is 0 Å². The van der Waals surface area contributed by atoms with Gasteiger partial charge in [-0.3, -0.25) is 0 Å². The van der Waals surface area contributed by atoms with E-state index in [-0.39, 0.29) is 11.6 Å². The number of esters is 1. The quantitative estimate of drug-likeness (QED) is 0.527. The second-order valence-corrected chi connectivity index (χ2v) is 5.35. The summed E-state index contributed by atoms with van der Waals surface area (Å²) in [7, 11) is 0. The van der Waals surface area contributed by atoms with Crippen molar-refractivity contribution in [1.29, 1.82) is 0 Å². The molecule has 2 nitrogen and oxygen atoms in total. The van der Waals surface area contributed by atoms with Crippen molar-refractivity contribution in [3.63, 3.8) is 0 Å². The highest BCUT2D eigenvalue weighted by atomic mass is 16.6. The average Bonchev–Trinajstić information content (AvgIpc) is 2.19. The summed E-state index contributed by atoms with van der Waals surface area (Å²) in [5.41, 5.74) is -0.156. The standard InChI is InChI=1S/C14H22O2/c1-2-13(15)16-14-9-3-6-12(7-4-10-14)8-5-11-14/h2,12H,1,3-11H2. The maximum Gasteiger partial charge on any atom is 0.330 e. The third kappa shape index (κ3) is 2.66. The van der Waals surface area contributed by atoms with Gasteiger partial charge in [-0.05, 0) is 44.4 Å². The van der Waals surface area contributed by atoms with Crippen molar-refractivity contribution >= 4 is 5.97 Å². The molecule has 0 amide bonds. The Morgan fingerprint density at radius 3 is 2.06 bits per heavy atom. The molecule has 0 atom stereocenters. The highest BCUT2D eigenvalue weighted by molar-refractivity contribution is 5.81. The van der Waals surface area contributed by atoms with Gasteiger partial charge in [0.2, 0.25) is 0 Å². The Kier molecular flexibility index (Phi) is 3.67. The summed E-state index contributed by atoms with van der Waals surface area (Å²) in [5.74, 6) is 0.700. The van der Waals surface area contributed by atoms with E-state index in [1.54, 1.807) is 0 Å². The Balaban J connectivity index is 2.08. The Labute approximate surface area is 98.1 Å². The summed E-state index contributed by atoms with van der Waals surface area (Å²) in [4.78, 5) is 11.4. The predicted molar refractivity (Wildman–Crippen MR) is 64.1 cm³/mol. The number of hydrogen-bond donors (Lipinski definition) is 0. The molecule has 90 valence electrons. The SMILES string of the molecule is C=CC(=O)OC12CCCC(CCC1)CCC2. The normalized spacial score (nSPS) is 34.6. The second kappa shape index (κ2) is 5.03. The minimum Gasteiger partial charge on any atom is -0.456 e. The zero-order chi connectivity index (χ0) is 11.4. The van der Waals surface area contributed by atoms with Crippen LogP contribution in [0.4, 0.5) is 0 Å². The molecule has 0 spiro atoms. The molecule has 3 fully saturated rings. The molecule has 0 heterocycles. The number of carbonyl (C=O) groups is 1. The first kappa shape index (κ1) is 11.7. The van der Waals surface area contributed by atoms with Gasteiger partial charge in [0.1, 0.15) is 5.60 Å². The van der Waals surface area contributed by atoms with E-state index in [0.717, 1.165) is 25.2 Å².